The van der Waals surface area contributed by atoms with Gasteiger partial charge in [0.1, 0.15) is 5.76 Å². The maximum atomic E-state index is 5.98. The van der Waals surface area contributed by atoms with Gasteiger partial charge in [0.05, 0.1) is 12.7 Å². The van der Waals surface area contributed by atoms with Gasteiger partial charge in [-0.1, -0.05) is 39.5 Å². The second-order valence-corrected chi connectivity index (χ2v) is 7.01. The molecular formula is C17H28N2O. The highest BCUT2D eigenvalue weighted by Crippen LogP contribution is 2.46. The number of nitrogens with one attached hydrogen (secondary N) is 1. The minimum atomic E-state index is 0.475. The average Bonchev–Trinajstić information content (AvgIpc) is 2.93. The zero-order chi connectivity index (χ0) is 13.9. The molecule has 2 fully saturated rings. The lowest BCUT2D eigenvalue weighted by Gasteiger charge is -2.38. The lowest BCUT2D eigenvalue weighted by atomic mass is 9.67. The van der Waals surface area contributed by atoms with E-state index in [0.29, 0.717) is 12.0 Å². The van der Waals surface area contributed by atoms with Crippen LogP contribution in [0.25, 0.3) is 0 Å². The maximum absolute atomic E-state index is 5.98. The van der Waals surface area contributed by atoms with Crippen molar-refractivity contribution >= 4 is 0 Å². The first-order chi connectivity index (χ1) is 9.72. The molecule has 0 aromatic carbocycles. The molecule has 2 aliphatic carbocycles. The first-order valence-electron chi connectivity index (χ1n) is 8.40. The van der Waals surface area contributed by atoms with Crippen LogP contribution in [0.5, 0.6) is 0 Å². The highest BCUT2D eigenvalue weighted by atomic mass is 16.4. The fourth-order valence-corrected chi connectivity index (χ4v) is 4.02. The van der Waals surface area contributed by atoms with Gasteiger partial charge in [0.25, 0.3) is 0 Å². The van der Waals surface area contributed by atoms with Crippen LogP contribution in [0.15, 0.2) is 10.6 Å². The Bertz CT molecular complexity index is 426. The molecule has 1 aromatic heterocycles. The minimum absolute atomic E-state index is 0.475. The van der Waals surface area contributed by atoms with E-state index in [1.807, 2.05) is 6.20 Å². The molecule has 1 heterocycles. The standard InChI is InChI=1S/C17H28N2O/c1-12(2)18-11-17-19-10-16(20-17)15-8-7-13-5-3-4-6-14(13)9-15/h10,12-15,18H,3-9,11H2,1-2H3. The van der Waals surface area contributed by atoms with Crippen molar-refractivity contribution in [3.05, 3.63) is 17.8 Å². The van der Waals surface area contributed by atoms with Gasteiger partial charge < -0.3 is 9.73 Å². The number of hydrogen-bond donors (Lipinski definition) is 1. The molecule has 0 aliphatic heterocycles. The van der Waals surface area contributed by atoms with Gasteiger partial charge in [0.15, 0.2) is 0 Å². The molecule has 2 aliphatic rings. The quantitative estimate of drug-likeness (QED) is 0.893. The monoisotopic (exact) mass is 276 g/mol. The molecule has 1 aromatic rings. The van der Waals surface area contributed by atoms with E-state index in [4.69, 9.17) is 4.42 Å². The van der Waals surface area contributed by atoms with Gasteiger partial charge in [-0.3, -0.25) is 0 Å². The van der Waals surface area contributed by atoms with E-state index in [1.54, 1.807) is 0 Å². The van der Waals surface area contributed by atoms with Gasteiger partial charge in [0.2, 0.25) is 5.89 Å². The van der Waals surface area contributed by atoms with Crippen LogP contribution in [0.4, 0.5) is 0 Å². The minimum Gasteiger partial charge on any atom is -0.444 e. The van der Waals surface area contributed by atoms with Gasteiger partial charge in [-0.25, -0.2) is 4.98 Å². The first-order valence-corrected chi connectivity index (χ1v) is 8.40. The molecule has 3 unspecified atom stereocenters. The van der Waals surface area contributed by atoms with Crippen molar-refractivity contribution in [2.45, 2.75) is 77.3 Å². The molecule has 0 amide bonds. The Balaban J connectivity index is 1.59. The van der Waals surface area contributed by atoms with Crippen molar-refractivity contribution in [1.82, 2.24) is 10.3 Å². The molecule has 0 radical (unpaired) electrons. The van der Waals surface area contributed by atoms with E-state index in [2.05, 4.69) is 24.1 Å². The third-order valence-electron chi connectivity index (χ3n) is 5.18. The Morgan fingerprint density at radius 1 is 1.20 bits per heavy atom. The molecule has 0 spiro atoms. The molecule has 20 heavy (non-hydrogen) atoms. The summed E-state index contributed by atoms with van der Waals surface area (Å²) in [6.45, 7) is 5.04. The smallest absolute Gasteiger partial charge is 0.208 e. The lowest BCUT2D eigenvalue weighted by Crippen LogP contribution is -2.26. The van der Waals surface area contributed by atoms with Crippen LogP contribution in [0.3, 0.4) is 0 Å². The predicted octanol–water partition coefficient (Wildman–Crippen LogP) is 4.25. The molecule has 0 saturated heterocycles. The SMILES string of the molecule is CC(C)NCc1ncc(C2CCC3CCCCC3C2)o1. The van der Waals surface area contributed by atoms with Gasteiger partial charge in [-0.2, -0.15) is 0 Å². The summed E-state index contributed by atoms with van der Waals surface area (Å²) < 4.78 is 5.98. The Hall–Kier alpha value is -0.830. The van der Waals surface area contributed by atoms with E-state index in [-0.39, 0.29) is 0 Å². The van der Waals surface area contributed by atoms with E-state index >= 15 is 0 Å². The van der Waals surface area contributed by atoms with Gasteiger partial charge in [0, 0.05) is 12.0 Å². The highest BCUT2D eigenvalue weighted by Gasteiger charge is 2.34. The molecule has 2 saturated carbocycles. The summed E-state index contributed by atoms with van der Waals surface area (Å²) in [4.78, 5) is 4.44. The topological polar surface area (TPSA) is 38.1 Å². The van der Waals surface area contributed by atoms with Crippen molar-refractivity contribution < 1.29 is 4.42 Å². The van der Waals surface area contributed by atoms with Crippen LogP contribution in [-0.2, 0) is 6.54 Å². The highest BCUT2D eigenvalue weighted by molar-refractivity contribution is 5.05. The Labute approximate surface area is 122 Å². The van der Waals surface area contributed by atoms with Crippen molar-refractivity contribution in [3.63, 3.8) is 0 Å². The van der Waals surface area contributed by atoms with E-state index in [9.17, 15) is 0 Å². The molecule has 1 N–H and O–H groups in total. The number of aromatic nitrogens is 1. The van der Waals surface area contributed by atoms with E-state index < -0.39 is 0 Å². The Kier molecular flexibility index (Phi) is 4.45. The van der Waals surface area contributed by atoms with Crippen LogP contribution in [-0.4, -0.2) is 11.0 Å². The fourth-order valence-electron chi connectivity index (χ4n) is 4.02. The molecule has 3 atom stereocenters. The lowest BCUT2D eigenvalue weighted by molar-refractivity contribution is 0.147. The number of oxazole rings is 1. The molecular weight excluding hydrogens is 248 g/mol. The number of rotatable bonds is 4. The molecule has 3 heteroatoms. The number of nitrogens with zero attached hydrogens (tertiary/aromatic N) is 1. The van der Waals surface area contributed by atoms with E-state index in [1.165, 1.54) is 44.9 Å². The van der Waals surface area contributed by atoms with Crippen LogP contribution in [0.2, 0.25) is 0 Å². The fraction of sp³-hybridized carbons (Fsp3) is 0.824. The number of fused-ring (bicyclic) bond motifs is 1. The van der Waals surface area contributed by atoms with Crippen molar-refractivity contribution in [1.29, 1.82) is 0 Å². The second-order valence-electron chi connectivity index (χ2n) is 7.01. The summed E-state index contributed by atoms with van der Waals surface area (Å²) in [5, 5.41) is 3.37. The van der Waals surface area contributed by atoms with E-state index in [0.717, 1.165) is 30.0 Å². The zero-order valence-corrected chi connectivity index (χ0v) is 12.9. The summed E-state index contributed by atoms with van der Waals surface area (Å²) in [6, 6.07) is 0.475. The van der Waals surface area contributed by atoms with Gasteiger partial charge in [-0.15, -0.1) is 0 Å². The van der Waals surface area contributed by atoms with Crippen LogP contribution < -0.4 is 5.32 Å². The summed E-state index contributed by atoms with van der Waals surface area (Å²) in [7, 11) is 0. The van der Waals surface area contributed by atoms with Crippen LogP contribution in [0, 0.1) is 11.8 Å². The van der Waals surface area contributed by atoms with Crippen molar-refractivity contribution in [3.8, 4) is 0 Å². The summed E-state index contributed by atoms with van der Waals surface area (Å²) in [6.07, 6.45) is 11.8. The third kappa shape index (κ3) is 3.25. The summed E-state index contributed by atoms with van der Waals surface area (Å²) in [5.41, 5.74) is 0. The van der Waals surface area contributed by atoms with Gasteiger partial charge in [-0.05, 0) is 31.1 Å². The Morgan fingerprint density at radius 3 is 2.80 bits per heavy atom. The Morgan fingerprint density at radius 2 is 2.00 bits per heavy atom. The summed E-state index contributed by atoms with van der Waals surface area (Å²) in [5.74, 6) is 4.55. The normalized spacial score (nSPS) is 30.4. The summed E-state index contributed by atoms with van der Waals surface area (Å²) >= 11 is 0. The van der Waals surface area contributed by atoms with Gasteiger partial charge >= 0.3 is 0 Å². The molecule has 3 nitrogen and oxygen atoms in total. The maximum Gasteiger partial charge on any atom is 0.208 e. The molecule has 0 bridgehead atoms. The number of hydrogen-bond acceptors (Lipinski definition) is 3. The van der Waals surface area contributed by atoms with Crippen LogP contribution >= 0.6 is 0 Å². The molecule has 112 valence electrons. The molecule has 3 rings (SSSR count). The second kappa shape index (κ2) is 6.30. The van der Waals surface area contributed by atoms with Crippen LogP contribution in [0.1, 0.15) is 76.4 Å². The first kappa shape index (κ1) is 14.1. The van der Waals surface area contributed by atoms with Crippen molar-refractivity contribution in [2.75, 3.05) is 0 Å². The average molecular weight is 276 g/mol. The van der Waals surface area contributed by atoms with Crippen molar-refractivity contribution in [2.24, 2.45) is 11.8 Å². The third-order valence-corrected chi connectivity index (χ3v) is 5.18. The zero-order valence-electron chi connectivity index (χ0n) is 12.9. The largest absolute Gasteiger partial charge is 0.444 e. The predicted molar refractivity (Wildman–Crippen MR) is 80.5 cm³/mol.